The second kappa shape index (κ2) is 4.89. The number of nitro groups is 1. The molecular formula is C11H14ClN3O2. The van der Waals surface area contributed by atoms with Crippen molar-refractivity contribution in [1.29, 1.82) is 0 Å². The molecule has 0 radical (unpaired) electrons. The Morgan fingerprint density at radius 3 is 2.47 bits per heavy atom. The van der Waals surface area contributed by atoms with Crippen LogP contribution >= 0.6 is 11.6 Å². The van der Waals surface area contributed by atoms with Crippen LogP contribution in [0.2, 0.25) is 5.02 Å². The molecule has 1 heterocycles. The second-order valence-electron chi connectivity index (χ2n) is 4.22. The van der Waals surface area contributed by atoms with E-state index in [0.717, 1.165) is 31.9 Å². The minimum Gasteiger partial charge on any atom is -0.369 e. The van der Waals surface area contributed by atoms with E-state index >= 15 is 0 Å². The van der Waals surface area contributed by atoms with Gasteiger partial charge in [-0.1, -0.05) is 11.6 Å². The molecule has 0 aliphatic carbocycles. The maximum atomic E-state index is 10.8. The summed E-state index contributed by atoms with van der Waals surface area (Å²) in [7, 11) is 2.07. The van der Waals surface area contributed by atoms with Crippen LogP contribution in [0.15, 0.2) is 18.2 Å². The Bertz CT molecular complexity index is 431. The number of rotatable bonds is 2. The van der Waals surface area contributed by atoms with Crippen molar-refractivity contribution in [2.45, 2.75) is 0 Å². The summed E-state index contributed by atoms with van der Waals surface area (Å²) in [6, 6.07) is 4.73. The first-order valence-electron chi connectivity index (χ1n) is 5.45. The maximum absolute atomic E-state index is 10.8. The Balaban J connectivity index is 2.23. The van der Waals surface area contributed by atoms with E-state index in [1.807, 2.05) is 0 Å². The molecule has 17 heavy (non-hydrogen) atoms. The summed E-state index contributed by atoms with van der Waals surface area (Å²) >= 11 is 5.90. The van der Waals surface area contributed by atoms with Crippen LogP contribution in [-0.2, 0) is 0 Å². The molecule has 6 heteroatoms. The lowest BCUT2D eigenvalue weighted by Crippen LogP contribution is -2.44. The fourth-order valence-electron chi connectivity index (χ4n) is 1.91. The number of halogens is 1. The van der Waals surface area contributed by atoms with E-state index in [4.69, 9.17) is 11.6 Å². The Kier molecular flexibility index (Phi) is 3.49. The van der Waals surface area contributed by atoms with Crippen LogP contribution in [0.25, 0.3) is 0 Å². The van der Waals surface area contributed by atoms with E-state index < -0.39 is 4.92 Å². The summed E-state index contributed by atoms with van der Waals surface area (Å²) in [5.41, 5.74) is 0.878. The molecule has 1 fully saturated rings. The molecule has 1 saturated heterocycles. The van der Waals surface area contributed by atoms with Gasteiger partial charge in [0.15, 0.2) is 0 Å². The number of benzene rings is 1. The molecule has 1 aromatic rings. The largest absolute Gasteiger partial charge is 0.369 e. The lowest BCUT2D eigenvalue weighted by Gasteiger charge is -2.34. The van der Waals surface area contributed by atoms with Gasteiger partial charge >= 0.3 is 0 Å². The third kappa shape index (κ3) is 2.87. The zero-order valence-electron chi connectivity index (χ0n) is 9.60. The van der Waals surface area contributed by atoms with Crippen molar-refractivity contribution in [2.24, 2.45) is 0 Å². The number of likely N-dealkylation sites (N-methyl/N-ethyl adjacent to an activating group) is 1. The minimum absolute atomic E-state index is 0.0476. The predicted molar refractivity (Wildman–Crippen MR) is 67.8 cm³/mol. The van der Waals surface area contributed by atoms with Gasteiger partial charge in [0.05, 0.1) is 4.92 Å². The van der Waals surface area contributed by atoms with Crippen molar-refractivity contribution >= 4 is 23.0 Å². The zero-order chi connectivity index (χ0) is 12.4. The first kappa shape index (κ1) is 12.1. The van der Waals surface area contributed by atoms with Crippen LogP contribution in [0.3, 0.4) is 0 Å². The summed E-state index contributed by atoms with van der Waals surface area (Å²) in [4.78, 5) is 14.7. The normalized spacial score (nSPS) is 17.2. The molecule has 1 aromatic carbocycles. The molecule has 0 spiro atoms. The van der Waals surface area contributed by atoms with Crippen molar-refractivity contribution in [2.75, 3.05) is 38.1 Å². The summed E-state index contributed by atoms with van der Waals surface area (Å²) in [6.45, 7) is 3.66. The average molecular weight is 256 g/mol. The molecule has 92 valence electrons. The van der Waals surface area contributed by atoms with Crippen molar-refractivity contribution in [3.63, 3.8) is 0 Å². The van der Waals surface area contributed by atoms with E-state index in [9.17, 15) is 10.1 Å². The molecule has 1 aliphatic rings. The number of piperazine rings is 1. The third-order valence-corrected chi connectivity index (χ3v) is 3.16. The van der Waals surface area contributed by atoms with Crippen LogP contribution in [-0.4, -0.2) is 43.0 Å². The van der Waals surface area contributed by atoms with Gasteiger partial charge in [-0.05, 0) is 13.1 Å². The van der Waals surface area contributed by atoms with Gasteiger partial charge in [0, 0.05) is 49.0 Å². The summed E-state index contributed by atoms with van der Waals surface area (Å²) in [5, 5.41) is 11.2. The second-order valence-corrected chi connectivity index (χ2v) is 4.65. The number of nitro benzene ring substituents is 1. The molecule has 0 saturated carbocycles. The van der Waals surface area contributed by atoms with Crippen molar-refractivity contribution in [3.05, 3.63) is 33.3 Å². The van der Waals surface area contributed by atoms with Crippen LogP contribution in [0, 0.1) is 10.1 Å². The van der Waals surface area contributed by atoms with E-state index in [2.05, 4.69) is 16.8 Å². The van der Waals surface area contributed by atoms with Gasteiger partial charge < -0.3 is 9.80 Å². The van der Waals surface area contributed by atoms with E-state index in [0.29, 0.717) is 5.02 Å². The summed E-state index contributed by atoms with van der Waals surface area (Å²) in [5.74, 6) is 0. The number of non-ortho nitro benzene ring substituents is 1. The maximum Gasteiger partial charge on any atom is 0.272 e. The van der Waals surface area contributed by atoms with E-state index in [1.165, 1.54) is 6.07 Å². The molecule has 0 atom stereocenters. The van der Waals surface area contributed by atoms with Crippen molar-refractivity contribution in [1.82, 2.24) is 4.90 Å². The van der Waals surface area contributed by atoms with Gasteiger partial charge in [-0.25, -0.2) is 0 Å². The standard InChI is InChI=1S/C11H14ClN3O2/c1-13-2-4-14(5-3-13)10-6-9(12)7-11(8-10)15(16)17/h6-8H,2-5H2,1H3. The zero-order valence-corrected chi connectivity index (χ0v) is 10.4. The highest BCUT2D eigenvalue weighted by atomic mass is 35.5. The first-order valence-corrected chi connectivity index (χ1v) is 5.82. The minimum atomic E-state index is -0.411. The van der Waals surface area contributed by atoms with E-state index in [-0.39, 0.29) is 5.69 Å². The van der Waals surface area contributed by atoms with Crippen LogP contribution in [0.1, 0.15) is 0 Å². The SMILES string of the molecule is CN1CCN(c2cc(Cl)cc([N+](=O)[O-])c2)CC1. The van der Waals surface area contributed by atoms with E-state index in [1.54, 1.807) is 12.1 Å². The topological polar surface area (TPSA) is 49.6 Å². The van der Waals surface area contributed by atoms with Gasteiger partial charge in [0.25, 0.3) is 5.69 Å². The quantitative estimate of drug-likeness (QED) is 0.599. The average Bonchev–Trinajstić information content (AvgIpc) is 2.29. The predicted octanol–water partition coefficient (Wildman–Crippen LogP) is 2.00. The fraction of sp³-hybridized carbons (Fsp3) is 0.455. The molecule has 0 unspecified atom stereocenters. The molecular weight excluding hydrogens is 242 g/mol. The van der Waals surface area contributed by atoms with Crippen molar-refractivity contribution < 1.29 is 4.92 Å². The summed E-state index contributed by atoms with van der Waals surface area (Å²) in [6.07, 6.45) is 0. The molecule has 0 aromatic heterocycles. The van der Waals surface area contributed by atoms with Gasteiger partial charge in [0.2, 0.25) is 0 Å². The first-order chi connectivity index (χ1) is 8.06. The smallest absolute Gasteiger partial charge is 0.272 e. The number of anilines is 1. The van der Waals surface area contributed by atoms with Gasteiger partial charge in [0.1, 0.15) is 0 Å². The molecule has 0 amide bonds. The Morgan fingerprint density at radius 1 is 1.24 bits per heavy atom. The van der Waals surface area contributed by atoms with Crippen molar-refractivity contribution in [3.8, 4) is 0 Å². The van der Waals surface area contributed by atoms with Gasteiger partial charge in [-0.3, -0.25) is 10.1 Å². The Hall–Kier alpha value is -1.33. The molecule has 2 rings (SSSR count). The molecule has 0 N–H and O–H groups in total. The number of hydrogen-bond donors (Lipinski definition) is 0. The summed E-state index contributed by atoms with van der Waals surface area (Å²) < 4.78 is 0. The lowest BCUT2D eigenvalue weighted by atomic mass is 10.2. The number of hydrogen-bond acceptors (Lipinski definition) is 4. The Labute approximate surface area is 105 Å². The third-order valence-electron chi connectivity index (χ3n) is 2.95. The van der Waals surface area contributed by atoms with Crippen LogP contribution < -0.4 is 4.90 Å². The van der Waals surface area contributed by atoms with Crippen LogP contribution in [0.4, 0.5) is 11.4 Å². The molecule has 0 bridgehead atoms. The highest BCUT2D eigenvalue weighted by molar-refractivity contribution is 6.31. The van der Waals surface area contributed by atoms with Gasteiger partial charge in [-0.15, -0.1) is 0 Å². The monoisotopic (exact) mass is 255 g/mol. The fourth-order valence-corrected chi connectivity index (χ4v) is 2.14. The Morgan fingerprint density at radius 2 is 1.88 bits per heavy atom. The van der Waals surface area contributed by atoms with Gasteiger partial charge in [-0.2, -0.15) is 0 Å². The highest BCUT2D eigenvalue weighted by Gasteiger charge is 2.17. The highest BCUT2D eigenvalue weighted by Crippen LogP contribution is 2.27. The molecule has 5 nitrogen and oxygen atoms in total. The molecule has 1 aliphatic heterocycles. The van der Waals surface area contributed by atoms with Crippen LogP contribution in [0.5, 0.6) is 0 Å². The lowest BCUT2D eigenvalue weighted by molar-refractivity contribution is -0.384. The number of nitrogens with zero attached hydrogens (tertiary/aromatic N) is 3.